The Labute approximate surface area is 156 Å². The van der Waals surface area contributed by atoms with Gasteiger partial charge in [-0.3, -0.25) is 13.9 Å². The second-order valence-electron chi connectivity index (χ2n) is 4.11. The molecule has 0 unspecified atom stereocenters. The molecule has 0 aliphatic rings. The Hall–Kier alpha value is -0.660. The highest BCUT2D eigenvalue weighted by Crippen LogP contribution is 2.61. The Kier molecular flexibility index (Phi) is 7.48. The zero-order valence-corrected chi connectivity index (χ0v) is 16.1. The second-order valence-corrected chi connectivity index (χ2v) is 11.6. The number of rotatable bonds is 1. The molecule has 0 atom stereocenters. The van der Waals surface area contributed by atoms with E-state index in [0.717, 1.165) is 0 Å². The van der Waals surface area contributed by atoms with Gasteiger partial charge in [-0.2, -0.15) is 5.26 Å². The van der Waals surface area contributed by atoms with Crippen LogP contribution in [0.15, 0.2) is 35.1 Å². The van der Waals surface area contributed by atoms with E-state index in [2.05, 4.69) is 33.7 Å². The third-order valence-electron chi connectivity index (χ3n) is 2.55. The number of aryl methyl sites for hydroxylation is 1. The summed E-state index contributed by atoms with van der Waals surface area (Å²) in [5.74, 6) is 0. The fourth-order valence-electron chi connectivity index (χ4n) is 1.73. The van der Waals surface area contributed by atoms with Crippen LogP contribution in [0.3, 0.4) is 0 Å². The maximum absolute atomic E-state index is 12.2. The van der Waals surface area contributed by atoms with E-state index >= 15 is 0 Å². The van der Waals surface area contributed by atoms with Crippen LogP contribution in [0, 0.1) is 18.3 Å². The highest BCUT2D eigenvalue weighted by atomic mass is 36.0. The molecule has 1 heterocycles. The normalized spacial score (nSPS) is 10.5. The minimum atomic E-state index is -3.22. The van der Waals surface area contributed by atoms with Crippen molar-refractivity contribution >= 4 is 62.1 Å². The fraction of sp³-hybridized carbons (Fsp3) is 0.0769. The van der Waals surface area contributed by atoms with Gasteiger partial charge in [-0.15, -0.1) is 0 Å². The van der Waals surface area contributed by atoms with Gasteiger partial charge in [0.25, 0.3) is 5.56 Å². The number of nitrogens with zero attached hydrogens (tertiary/aromatic N) is 2. The van der Waals surface area contributed by atoms with Crippen molar-refractivity contribution in [1.82, 2.24) is 4.57 Å². The number of hydrogen-bond acceptors (Lipinski definition) is 3. The van der Waals surface area contributed by atoms with Crippen molar-refractivity contribution < 1.29 is 4.57 Å². The summed E-state index contributed by atoms with van der Waals surface area (Å²) in [7, 11) is 0. The predicted molar refractivity (Wildman–Crippen MR) is 96.7 cm³/mol. The number of benzene rings is 1. The van der Waals surface area contributed by atoms with Gasteiger partial charge < -0.3 is 0 Å². The molecule has 122 valence electrons. The number of nitriles is 1. The predicted octanol–water partition coefficient (Wildman–Crippen LogP) is 6.14. The lowest BCUT2D eigenvalue weighted by Gasteiger charge is -2.12. The van der Waals surface area contributed by atoms with Gasteiger partial charge in [-0.1, -0.05) is 35.3 Å². The van der Waals surface area contributed by atoms with Gasteiger partial charge in [0.15, 0.2) is 0 Å². The molecule has 0 aliphatic heterocycles. The summed E-state index contributed by atoms with van der Waals surface area (Å²) in [4.78, 5) is 12.2. The van der Waals surface area contributed by atoms with Crippen molar-refractivity contribution in [2.45, 2.75) is 6.92 Å². The summed E-state index contributed by atoms with van der Waals surface area (Å²) in [6.45, 7) is 1.73. The summed E-state index contributed by atoms with van der Waals surface area (Å²) in [5.41, 5.74) is 0.615. The minimum Gasteiger partial charge on any atom is -0.279 e. The van der Waals surface area contributed by atoms with E-state index in [1.165, 1.54) is 4.57 Å². The minimum absolute atomic E-state index is 0.0813. The van der Waals surface area contributed by atoms with Gasteiger partial charge in [-0.25, -0.2) is 0 Å². The lowest BCUT2D eigenvalue weighted by molar-refractivity contribution is 0.600. The van der Waals surface area contributed by atoms with Crippen LogP contribution in [0.5, 0.6) is 0 Å². The van der Waals surface area contributed by atoms with E-state index < -0.39 is 10.8 Å². The zero-order valence-electron chi connectivity index (χ0n) is 11.4. The Balaban J connectivity index is 0.000000463. The Morgan fingerprint density at radius 3 is 2.13 bits per heavy atom. The third kappa shape index (κ3) is 6.04. The van der Waals surface area contributed by atoms with Crippen LogP contribution in [0.25, 0.3) is 5.69 Å². The Morgan fingerprint density at radius 1 is 1.13 bits per heavy atom. The smallest absolute Gasteiger partial charge is 0.279 e. The second kappa shape index (κ2) is 8.44. The first-order valence-corrected chi connectivity index (χ1v) is 11.0. The number of para-hydroxylation sites is 1. The lowest BCUT2D eigenvalue weighted by Crippen LogP contribution is -2.23. The van der Waals surface area contributed by atoms with Gasteiger partial charge in [0.2, 0.25) is 0 Å². The number of pyridine rings is 1. The molecular formula is C13H8Cl5N2O2P. The molecule has 1 aromatic heterocycles. The molecule has 0 bridgehead atoms. The van der Waals surface area contributed by atoms with Gasteiger partial charge in [0.1, 0.15) is 11.6 Å². The monoisotopic (exact) mass is 430 g/mol. The van der Waals surface area contributed by atoms with Crippen LogP contribution in [0.4, 0.5) is 0 Å². The number of aromatic nitrogens is 1. The van der Waals surface area contributed by atoms with Crippen molar-refractivity contribution in [3.63, 3.8) is 0 Å². The fourth-order valence-corrected chi connectivity index (χ4v) is 2.23. The van der Waals surface area contributed by atoms with Crippen LogP contribution in [0.2, 0.25) is 10.0 Å². The average Bonchev–Trinajstić information content (AvgIpc) is 2.39. The molecule has 0 saturated heterocycles. The SMILES string of the molecule is Cc1cc(Cl)c(C#N)c(=O)n1-c1ccccc1Cl.O=P(Cl)(Cl)Cl. The highest BCUT2D eigenvalue weighted by molar-refractivity contribution is 8.24. The van der Waals surface area contributed by atoms with E-state index in [-0.39, 0.29) is 10.6 Å². The average molecular weight is 432 g/mol. The van der Waals surface area contributed by atoms with Crippen molar-refractivity contribution in [3.8, 4) is 11.8 Å². The molecule has 2 aromatic rings. The van der Waals surface area contributed by atoms with Crippen LogP contribution in [0.1, 0.15) is 11.3 Å². The maximum Gasteiger partial charge on any atom is 0.339 e. The van der Waals surface area contributed by atoms with Gasteiger partial charge in [0, 0.05) is 5.69 Å². The summed E-state index contributed by atoms with van der Waals surface area (Å²) in [6.07, 6.45) is 0. The number of hydrogen-bond donors (Lipinski definition) is 0. The van der Waals surface area contributed by atoms with E-state index in [1.807, 2.05) is 6.07 Å². The van der Waals surface area contributed by atoms with Crippen molar-refractivity contribution in [1.29, 1.82) is 5.26 Å². The summed E-state index contributed by atoms with van der Waals surface area (Å²) < 4.78 is 10.9. The topological polar surface area (TPSA) is 62.9 Å². The Bertz CT molecular complexity index is 861. The van der Waals surface area contributed by atoms with Crippen molar-refractivity contribution in [2.24, 2.45) is 0 Å². The van der Waals surface area contributed by atoms with Gasteiger partial charge in [-0.05, 0) is 58.8 Å². The molecular weight excluding hydrogens is 424 g/mol. The third-order valence-corrected chi connectivity index (χ3v) is 3.17. The summed E-state index contributed by atoms with van der Waals surface area (Å²) >= 11 is 25.8. The highest BCUT2D eigenvalue weighted by Gasteiger charge is 2.14. The molecule has 0 radical (unpaired) electrons. The first-order valence-electron chi connectivity index (χ1n) is 5.82. The van der Waals surface area contributed by atoms with Crippen molar-refractivity contribution in [2.75, 3.05) is 0 Å². The summed E-state index contributed by atoms with van der Waals surface area (Å²) in [5, 5.41) is 6.32. The molecule has 2 rings (SSSR count). The lowest BCUT2D eigenvalue weighted by atomic mass is 10.2. The van der Waals surface area contributed by atoms with Crippen molar-refractivity contribution in [3.05, 3.63) is 62.0 Å². The molecule has 0 aliphatic carbocycles. The van der Waals surface area contributed by atoms with Crippen LogP contribution < -0.4 is 5.56 Å². The quantitative estimate of drug-likeness (QED) is 0.509. The first kappa shape index (κ1) is 20.4. The molecule has 23 heavy (non-hydrogen) atoms. The standard InChI is InChI=1S/C13H8Cl2N2O.Cl3OP/c1-8-6-11(15)9(7-16)13(18)17(8)12-5-3-2-4-10(12)14;1-5(2,3)4/h2-6H,1H3;. The van der Waals surface area contributed by atoms with E-state index in [0.29, 0.717) is 16.4 Å². The van der Waals surface area contributed by atoms with Crippen LogP contribution in [-0.2, 0) is 4.57 Å². The van der Waals surface area contributed by atoms with E-state index in [1.54, 1.807) is 37.3 Å². The van der Waals surface area contributed by atoms with Crippen LogP contribution >= 0.6 is 62.1 Å². The molecule has 0 amide bonds. The maximum atomic E-state index is 12.2. The summed E-state index contributed by atoms with van der Waals surface area (Å²) in [6, 6.07) is 10.3. The first-order chi connectivity index (χ1) is 10.6. The number of halogens is 5. The largest absolute Gasteiger partial charge is 0.339 e. The molecule has 1 aromatic carbocycles. The molecule has 0 fully saturated rings. The van der Waals surface area contributed by atoms with Crippen LogP contribution in [-0.4, -0.2) is 4.57 Å². The molecule has 0 N–H and O–H groups in total. The molecule has 0 spiro atoms. The van der Waals surface area contributed by atoms with E-state index in [4.69, 9.17) is 28.5 Å². The Morgan fingerprint density at radius 2 is 1.65 bits per heavy atom. The molecule has 10 heteroatoms. The van der Waals surface area contributed by atoms with Gasteiger partial charge >= 0.3 is 5.20 Å². The van der Waals surface area contributed by atoms with E-state index in [9.17, 15) is 9.36 Å². The molecule has 0 saturated carbocycles. The van der Waals surface area contributed by atoms with Gasteiger partial charge in [0.05, 0.1) is 15.7 Å². The molecule has 4 nitrogen and oxygen atoms in total. The zero-order chi connectivity index (χ0) is 17.8.